The van der Waals surface area contributed by atoms with Gasteiger partial charge in [-0.3, -0.25) is 4.90 Å². The molecule has 1 aromatic rings. The third-order valence-electron chi connectivity index (χ3n) is 4.30. The quantitative estimate of drug-likeness (QED) is 0.835. The second-order valence-corrected chi connectivity index (χ2v) is 6.45. The first kappa shape index (κ1) is 16.5. The predicted molar refractivity (Wildman–Crippen MR) is 88.5 cm³/mol. The highest BCUT2D eigenvalue weighted by atomic mass is 16.5. The number of likely N-dealkylation sites (tertiary alicyclic amines) is 1. The van der Waals surface area contributed by atoms with Crippen molar-refractivity contribution in [3.8, 4) is 0 Å². The molecular formula is C18H30N2O. The molecule has 3 nitrogen and oxygen atoms in total. The van der Waals surface area contributed by atoms with Gasteiger partial charge in [0.25, 0.3) is 0 Å². The molecule has 1 N–H and O–H groups in total. The summed E-state index contributed by atoms with van der Waals surface area (Å²) in [4.78, 5) is 2.64. The summed E-state index contributed by atoms with van der Waals surface area (Å²) < 4.78 is 5.37. The number of nitrogens with zero attached hydrogens (tertiary/aromatic N) is 1. The number of nitrogens with one attached hydrogen (secondary N) is 1. The highest BCUT2D eigenvalue weighted by molar-refractivity contribution is 5.19. The Morgan fingerprint density at radius 3 is 2.71 bits per heavy atom. The van der Waals surface area contributed by atoms with Crippen LogP contribution in [-0.4, -0.2) is 44.3 Å². The van der Waals surface area contributed by atoms with E-state index in [1.165, 1.54) is 24.9 Å². The summed E-state index contributed by atoms with van der Waals surface area (Å²) in [6.07, 6.45) is 2.57. The lowest BCUT2D eigenvalue weighted by molar-refractivity contribution is 0.0669. The average Bonchev–Trinajstić information content (AvgIpc) is 2.49. The van der Waals surface area contributed by atoms with E-state index >= 15 is 0 Å². The molecule has 0 bridgehead atoms. The molecule has 1 fully saturated rings. The van der Waals surface area contributed by atoms with Crippen LogP contribution in [0, 0.1) is 5.92 Å². The zero-order chi connectivity index (χ0) is 15.1. The van der Waals surface area contributed by atoms with Gasteiger partial charge in [0, 0.05) is 32.3 Å². The van der Waals surface area contributed by atoms with Crippen LogP contribution in [0.2, 0.25) is 0 Å². The van der Waals surface area contributed by atoms with E-state index in [0.29, 0.717) is 18.0 Å². The van der Waals surface area contributed by atoms with E-state index in [-0.39, 0.29) is 0 Å². The first-order chi connectivity index (χ1) is 10.2. The molecule has 1 aliphatic heterocycles. The Bertz CT molecular complexity index is 391. The summed E-state index contributed by atoms with van der Waals surface area (Å²) >= 11 is 0. The van der Waals surface area contributed by atoms with Crippen molar-refractivity contribution in [1.82, 2.24) is 10.2 Å². The summed E-state index contributed by atoms with van der Waals surface area (Å²) in [6, 6.07) is 11.9. The Morgan fingerprint density at radius 1 is 1.29 bits per heavy atom. The second kappa shape index (κ2) is 8.52. The van der Waals surface area contributed by atoms with Crippen molar-refractivity contribution in [3.63, 3.8) is 0 Å². The highest BCUT2D eigenvalue weighted by Gasteiger charge is 2.26. The third-order valence-corrected chi connectivity index (χ3v) is 4.30. The molecule has 0 spiro atoms. The average molecular weight is 290 g/mol. The molecule has 1 aromatic carbocycles. The number of rotatable bonds is 7. The fourth-order valence-corrected chi connectivity index (χ4v) is 3.23. The van der Waals surface area contributed by atoms with Crippen LogP contribution in [0.4, 0.5) is 0 Å². The van der Waals surface area contributed by atoms with Crippen molar-refractivity contribution in [2.45, 2.75) is 38.8 Å². The number of ether oxygens (including phenoxy) is 1. The minimum Gasteiger partial charge on any atom is -0.384 e. The predicted octanol–water partition coefficient (Wildman–Crippen LogP) is 3.08. The molecule has 0 amide bonds. The van der Waals surface area contributed by atoms with Crippen LogP contribution in [0.5, 0.6) is 0 Å². The normalized spacial score (nSPS) is 21.6. The number of hydrogen-bond donors (Lipinski definition) is 1. The third kappa shape index (κ3) is 5.10. The number of methoxy groups -OCH3 is 1. The van der Waals surface area contributed by atoms with Crippen molar-refractivity contribution in [2.24, 2.45) is 5.92 Å². The van der Waals surface area contributed by atoms with Crippen LogP contribution in [0.3, 0.4) is 0 Å². The Hall–Kier alpha value is -0.900. The van der Waals surface area contributed by atoms with Crippen LogP contribution in [0.25, 0.3) is 0 Å². The van der Waals surface area contributed by atoms with Gasteiger partial charge < -0.3 is 10.1 Å². The van der Waals surface area contributed by atoms with E-state index in [1.54, 1.807) is 0 Å². The largest absolute Gasteiger partial charge is 0.384 e. The molecule has 1 saturated heterocycles. The minimum absolute atomic E-state index is 0.466. The smallest absolute Gasteiger partial charge is 0.0502 e. The topological polar surface area (TPSA) is 24.5 Å². The van der Waals surface area contributed by atoms with Crippen LogP contribution in [0.1, 0.15) is 38.3 Å². The van der Waals surface area contributed by atoms with E-state index in [0.717, 1.165) is 19.7 Å². The van der Waals surface area contributed by atoms with E-state index in [2.05, 4.69) is 54.4 Å². The van der Waals surface area contributed by atoms with Gasteiger partial charge in [0.1, 0.15) is 0 Å². The summed E-state index contributed by atoms with van der Waals surface area (Å²) in [7, 11) is 1.81. The lowest BCUT2D eigenvalue weighted by atomic mass is 9.95. The van der Waals surface area contributed by atoms with Gasteiger partial charge in [0.15, 0.2) is 0 Å². The van der Waals surface area contributed by atoms with Gasteiger partial charge in [0.2, 0.25) is 0 Å². The first-order valence-electron chi connectivity index (χ1n) is 8.22. The molecule has 1 aliphatic rings. The maximum atomic E-state index is 5.37. The van der Waals surface area contributed by atoms with Crippen molar-refractivity contribution >= 4 is 0 Å². The highest BCUT2D eigenvalue weighted by Crippen LogP contribution is 2.26. The van der Waals surface area contributed by atoms with Gasteiger partial charge in [-0.1, -0.05) is 44.2 Å². The van der Waals surface area contributed by atoms with Crippen molar-refractivity contribution in [1.29, 1.82) is 0 Å². The molecule has 0 aliphatic carbocycles. The summed E-state index contributed by atoms with van der Waals surface area (Å²) in [6.45, 7) is 8.67. The van der Waals surface area contributed by atoms with Gasteiger partial charge in [-0.05, 0) is 30.9 Å². The van der Waals surface area contributed by atoms with E-state index < -0.39 is 0 Å². The Labute approximate surface area is 129 Å². The second-order valence-electron chi connectivity index (χ2n) is 6.45. The van der Waals surface area contributed by atoms with Crippen LogP contribution in [-0.2, 0) is 4.74 Å². The number of hydrogen-bond acceptors (Lipinski definition) is 3. The molecule has 118 valence electrons. The molecule has 0 aromatic heterocycles. The maximum Gasteiger partial charge on any atom is 0.0502 e. The summed E-state index contributed by atoms with van der Waals surface area (Å²) in [5.41, 5.74) is 1.42. The molecule has 0 radical (unpaired) electrons. The fraction of sp³-hybridized carbons (Fsp3) is 0.667. The monoisotopic (exact) mass is 290 g/mol. The lowest BCUT2D eigenvalue weighted by Gasteiger charge is -2.39. The summed E-state index contributed by atoms with van der Waals surface area (Å²) in [5.74, 6) is 0.675. The van der Waals surface area contributed by atoms with Crippen molar-refractivity contribution in [2.75, 3.05) is 33.4 Å². The molecule has 2 unspecified atom stereocenters. The molecule has 21 heavy (non-hydrogen) atoms. The molecule has 0 saturated carbocycles. The van der Waals surface area contributed by atoms with Crippen molar-refractivity contribution < 1.29 is 4.74 Å². The van der Waals surface area contributed by atoms with Crippen LogP contribution in [0.15, 0.2) is 30.3 Å². The van der Waals surface area contributed by atoms with E-state index in [9.17, 15) is 0 Å². The standard InChI is InChI=1S/C18H30N2O/c1-15(2)19-12-18(17-9-5-4-6-10-17)20-11-7-8-16(13-20)14-21-3/h4-6,9-10,15-16,18-19H,7-8,11-14H2,1-3H3. The van der Waals surface area contributed by atoms with E-state index in [1.807, 2.05) is 7.11 Å². The van der Waals surface area contributed by atoms with E-state index in [4.69, 9.17) is 4.74 Å². The zero-order valence-corrected chi connectivity index (χ0v) is 13.7. The zero-order valence-electron chi connectivity index (χ0n) is 13.7. The molecular weight excluding hydrogens is 260 g/mol. The molecule has 2 atom stereocenters. The van der Waals surface area contributed by atoms with Gasteiger partial charge in [0.05, 0.1) is 6.61 Å². The Balaban J connectivity index is 2.07. The van der Waals surface area contributed by atoms with Crippen LogP contribution >= 0.6 is 0 Å². The maximum absolute atomic E-state index is 5.37. The van der Waals surface area contributed by atoms with Gasteiger partial charge in [-0.15, -0.1) is 0 Å². The molecule has 2 rings (SSSR count). The molecule has 1 heterocycles. The lowest BCUT2D eigenvalue weighted by Crippen LogP contribution is -2.44. The van der Waals surface area contributed by atoms with Gasteiger partial charge in [-0.25, -0.2) is 0 Å². The number of piperidine rings is 1. The summed E-state index contributed by atoms with van der Waals surface area (Å²) in [5, 5.41) is 3.62. The Kier molecular flexibility index (Phi) is 6.68. The Morgan fingerprint density at radius 2 is 2.05 bits per heavy atom. The fourth-order valence-electron chi connectivity index (χ4n) is 3.23. The number of benzene rings is 1. The van der Waals surface area contributed by atoms with Gasteiger partial charge in [-0.2, -0.15) is 0 Å². The minimum atomic E-state index is 0.466. The molecule has 3 heteroatoms. The van der Waals surface area contributed by atoms with Gasteiger partial charge >= 0.3 is 0 Å². The SMILES string of the molecule is COCC1CCCN(C(CNC(C)C)c2ccccc2)C1. The van der Waals surface area contributed by atoms with Crippen LogP contribution < -0.4 is 5.32 Å². The first-order valence-corrected chi connectivity index (χ1v) is 8.22. The van der Waals surface area contributed by atoms with Crippen molar-refractivity contribution in [3.05, 3.63) is 35.9 Å².